The van der Waals surface area contributed by atoms with Crippen LogP contribution in [0.3, 0.4) is 0 Å². The maximum Gasteiger partial charge on any atom is 0.341 e. The highest BCUT2D eigenvalue weighted by molar-refractivity contribution is 5.88. The first kappa shape index (κ1) is 26.1. The quantitative estimate of drug-likeness (QED) is 0.204. The van der Waals surface area contributed by atoms with Gasteiger partial charge in [0.1, 0.15) is 25.1 Å². The lowest BCUT2D eigenvalue weighted by Gasteiger charge is -2.18. The molecule has 4 aromatic rings. The van der Waals surface area contributed by atoms with Gasteiger partial charge in [-0.1, -0.05) is 54.6 Å². The van der Waals surface area contributed by atoms with E-state index < -0.39 is 18.7 Å². The molecule has 37 heavy (non-hydrogen) atoms. The van der Waals surface area contributed by atoms with Gasteiger partial charge < -0.3 is 34.7 Å². The Kier molecular flexibility index (Phi) is 9.02. The first-order chi connectivity index (χ1) is 18.0. The minimum atomic E-state index is -1.02. The number of aliphatic hydroxyl groups is 1. The summed E-state index contributed by atoms with van der Waals surface area (Å²) >= 11 is 0. The minimum Gasteiger partial charge on any atom is -0.487 e. The van der Waals surface area contributed by atoms with Gasteiger partial charge >= 0.3 is 5.97 Å². The van der Waals surface area contributed by atoms with Crippen molar-refractivity contribution in [1.29, 1.82) is 0 Å². The number of aliphatic carboxylic acids is 1. The highest BCUT2D eigenvalue weighted by Gasteiger charge is 2.14. The number of carbonyl (C=O) groups is 1. The predicted octanol–water partition coefficient (Wildman–Crippen LogP) is 4.17. The summed E-state index contributed by atoms with van der Waals surface area (Å²) in [5.74, 6) is 0.705. The Bertz CT molecular complexity index is 1290. The molecule has 0 radical (unpaired) electrons. The van der Waals surface area contributed by atoms with Crippen LogP contribution in [0.2, 0.25) is 0 Å². The van der Waals surface area contributed by atoms with E-state index in [2.05, 4.69) is 10.3 Å². The second-order valence-corrected chi connectivity index (χ2v) is 8.87. The summed E-state index contributed by atoms with van der Waals surface area (Å²) in [6, 6.07) is 23.0. The number of carboxylic acid groups (broad SMARTS) is 1. The van der Waals surface area contributed by atoms with Crippen LogP contribution in [0.4, 0.5) is 0 Å². The molecule has 2 unspecified atom stereocenters. The summed E-state index contributed by atoms with van der Waals surface area (Å²) in [5.41, 5.74) is 2.91. The Morgan fingerprint density at radius 3 is 2.38 bits per heavy atom. The number of aliphatic hydroxyl groups excluding tert-OH is 1. The summed E-state index contributed by atoms with van der Waals surface area (Å²) in [5, 5.41) is 23.7. The van der Waals surface area contributed by atoms with Crippen molar-refractivity contribution in [2.75, 3.05) is 19.8 Å². The largest absolute Gasteiger partial charge is 0.487 e. The summed E-state index contributed by atoms with van der Waals surface area (Å²) in [4.78, 5) is 14.0. The van der Waals surface area contributed by atoms with Crippen molar-refractivity contribution in [3.8, 4) is 17.2 Å². The van der Waals surface area contributed by atoms with Gasteiger partial charge in [-0.3, -0.25) is 0 Å². The zero-order chi connectivity index (χ0) is 26.0. The molecule has 4 rings (SSSR count). The van der Waals surface area contributed by atoms with Crippen LogP contribution in [0.25, 0.3) is 10.9 Å². The molecule has 0 saturated heterocycles. The predicted molar refractivity (Wildman–Crippen MR) is 141 cm³/mol. The topological polar surface area (TPSA) is 113 Å². The number of hydrogen-bond acceptors (Lipinski definition) is 6. The number of H-pyrrole nitrogens is 1. The van der Waals surface area contributed by atoms with Crippen LogP contribution in [0.1, 0.15) is 18.1 Å². The maximum absolute atomic E-state index is 10.8. The summed E-state index contributed by atoms with van der Waals surface area (Å²) in [6.45, 7) is 2.58. The van der Waals surface area contributed by atoms with E-state index in [9.17, 15) is 9.90 Å². The van der Waals surface area contributed by atoms with E-state index in [0.29, 0.717) is 36.8 Å². The lowest BCUT2D eigenvalue weighted by atomic mass is 10.1. The fourth-order valence-electron chi connectivity index (χ4n) is 4.02. The first-order valence-electron chi connectivity index (χ1n) is 12.2. The molecule has 0 bridgehead atoms. The average molecular weight is 505 g/mol. The van der Waals surface area contributed by atoms with Crippen LogP contribution in [-0.2, 0) is 17.8 Å². The van der Waals surface area contributed by atoms with Crippen molar-refractivity contribution in [2.45, 2.75) is 32.1 Å². The van der Waals surface area contributed by atoms with Crippen molar-refractivity contribution in [2.24, 2.45) is 0 Å². The van der Waals surface area contributed by atoms with E-state index in [1.54, 1.807) is 6.07 Å². The molecule has 1 aromatic heterocycles. The monoisotopic (exact) mass is 504 g/mol. The number of ether oxygens (including phenoxy) is 3. The van der Waals surface area contributed by atoms with E-state index in [0.717, 1.165) is 22.0 Å². The number of aromatic amines is 1. The molecule has 0 fully saturated rings. The van der Waals surface area contributed by atoms with Gasteiger partial charge in [-0.15, -0.1) is 0 Å². The Balaban J connectivity index is 1.25. The zero-order valence-electron chi connectivity index (χ0n) is 20.7. The second kappa shape index (κ2) is 12.8. The highest BCUT2D eigenvalue weighted by atomic mass is 16.5. The van der Waals surface area contributed by atoms with E-state index in [4.69, 9.17) is 19.3 Å². The van der Waals surface area contributed by atoms with Gasteiger partial charge in [-0.05, 0) is 42.7 Å². The molecule has 8 nitrogen and oxygen atoms in total. The third-order valence-electron chi connectivity index (χ3n) is 5.86. The summed E-state index contributed by atoms with van der Waals surface area (Å²) < 4.78 is 17.2. The van der Waals surface area contributed by atoms with Crippen LogP contribution in [-0.4, -0.2) is 53.1 Å². The van der Waals surface area contributed by atoms with Gasteiger partial charge in [0.2, 0.25) is 0 Å². The van der Waals surface area contributed by atoms with E-state index >= 15 is 0 Å². The van der Waals surface area contributed by atoms with Crippen LogP contribution < -0.4 is 19.5 Å². The molecule has 0 aliphatic heterocycles. The van der Waals surface area contributed by atoms with Crippen LogP contribution >= 0.6 is 0 Å². The number of rotatable bonds is 14. The number of para-hydroxylation sites is 3. The van der Waals surface area contributed by atoms with Crippen molar-refractivity contribution < 1.29 is 29.2 Å². The van der Waals surface area contributed by atoms with Crippen LogP contribution in [0.5, 0.6) is 17.2 Å². The normalized spacial score (nSPS) is 12.7. The third-order valence-corrected chi connectivity index (χ3v) is 5.86. The van der Waals surface area contributed by atoms with Gasteiger partial charge in [-0.2, -0.15) is 0 Å². The van der Waals surface area contributed by atoms with Gasteiger partial charge in [-0.25, -0.2) is 4.79 Å². The van der Waals surface area contributed by atoms with Gasteiger partial charge in [0.05, 0.1) is 5.52 Å². The van der Waals surface area contributed by atoms with Gasteiger partial charge in [0, 0.05) is 24.2 Å². The lowest BCUT2D eigenvalue weighted by Crippen LogP contribution is -2.37. The summed E-state index contributed by atoms with van der Waals surface area (Å²) in [6.07, 6.45) is 1.91. The standard InChI is InChI=1S/C29H32N2O6/c1-20(14-22-15-31-29-24(22)10-7-13-27(29)37-19-28(33)34)30-16-23(32)18-36-26-12-6-5-11-25(26)35-17-21-8-3-2-4-9-21/h2-13,15,20,23,30-32H,14,16-19H2,1H3,(H,33,34). The van der Waals surface area contributed by atoms with Gasteiger partial charge in [0.25, 0.3) is 0 Å². The molecule has 194 valence electrons. The Morgan fingerprint density at radius 1 is 0.919 bits per heavy atom. The van der Waals surface area contributed by atoms with Crippen LogP contribution in [0, 0.1) is 0 Å². The molecule has 3 aromatic carbocycles. The minimum absolute atomic E-state index is 0.0822. The molecule has 0 spiro atoms. The Labute approximate surface area is 215 Å². The molecule has 0 amide bonds. The molecule has 0 aliphatic rings. The van der Waals surface area contributed by atoms with E-state index in [-0.39, 0.29) is 12.6 Å². The highest BCUT2D eigenvalue weighted by Crippen LogP contribution is 2.29. The zero-order valence-corrected chi connectivity index (χ0v) is 20.7. The van der Waals surface area contributed by atoms with Crippen molar-refractivity contribution in [3.63, 3.8) is 0 Å². The molecule has 0 saturated carbocycles. The van der Waals surface area contributed by atoms with Gasteiger partial charge in [0.15, 0.2) is 18.1 Å². The van der Waals surface area contributed by atoms with E-state index in [1.807, 2.05) is 79.9 Å². The lowest BCUT2D eigenvalue weighted by molar-refractivity contribution is -0.139. The molecular weight excluding hydrogens is 472 g/mol. The first-order valence-corrected chi connectivity index (χ1v) is 12.2. The Morgan fingerprint density at radius 2 is 1.62 bits per heavy atom. The fourth-order valence-corrected chi connectivity index (χ4v) is 4.02. The fraction of sp³-hybridized carbons (Fsp3) is 0.276. The molecule has 8 heteroatoms. The number of aromatic nitrogens is 1. The number of nitrogens with one attached hydrogen (secondary N) is 2. The van der Waals surface area contributed by atoms with E-state index in [1.165, 1.54) is 0 Å². The van der Waals surface area contributed by atoms with Crippen molar-refractivity contribution >= 4 is 16.9 Å². The number of hydrogen-bond donors (Lipinski definition) is 4. The SMILES string of the molecule is CC(Cc1c[nH]c2c(OCC(=O)O)cccc12)NCC(O)COc1ccccc1OCc1ccccc1. The number of benzene rings is 3. The molecule has 0 aliphatic carbocycles. The third kappa shape index (κ3) is 7.49. The van der Waals surface area contributed by atoms with Crippen LogP contribution in [0.15, 0.2) is 79.0 Å². The number of fused-ring (bicyclic) bond motifs is 1. The Hall–Kier alpha value is -4.01. The van der Waals surface area contributed by atoms with Crippen molar-refractivity contribution in [1.82, 2.24) is 10.3 Å². The molecule has 2 atom stereocenters. The molecule has 4 N–H and O–H groups in total. The maximum atomic E-state index is 10.8. The average Bonchev–Trinajstić information content (AvgIpc) is 3.32. The smallest absolute Gasteiger partial charge is 0.341 e. The second-order valence-electron chi connectivity index (χ2n) is 8.87. The number of carboxylic acids is 1. The van der Waals surface area contributed by atoms with Crippen molar-refractivity contribution in [3.05, 3.63) is 90.1 Å². The molecular formula is C29H32N2O6. The summed E-state index contributed by atoms with van der Waals surface area (Å²) in [7, 11) is 0. The molecule has 1 heterocycles.